The normalized spacial score (nSPS) is 11.6. The number of likely N-dealkylation sites (N-methyl/N-ethyl adjacent to an activating group) is 1. The van der Waals surface area contributed by atoms with Gasteiger partial charge in [-0.25, -0.2) is 14.4 Å². The highest BCUT2D eigenvalue weighted by Crippen LogP contribution is 2.39. The lowest BCUT2D eigenvalue weighted by Gasteiger charge is -2.23. The van der Waals surface area contributed by atoms with Gasteiger partial charge in [-0.1, -0.05) is 0 Å². The molecule has 20 nitrogen and oxygen atoms in total. The summed E-state index contributed by atoms with van der Waals surface area (Å²) in [6.07, 6.45) is -0.515. The van der Waals surface area contributed by atoms with Crippen LogP contribution in [0.4, 0.5) is 37.1 Å². The van der Waals surface area contributed by atoms with Crippen LogP contribution >= 0.6 is 0 Å². The number of ether oxygens (including phenoxy) is 6. The van der Waals surface area contributed by atoms with Gasteiger partial charge in [-0.15, -0.1) is 0 Å². The van der Waals surface area contributed by atoms with E-state index in [2.05, 4.69) is 36.4 Å². The highest BCUT2D eigenvalue weighted by molar-refractivity contribution is 5.95. The molecule has 3 rings (SSSR count). The topological polar surface area (TPSA) is 243 Å². The maximum absolute atomic E-state index is 13.8. The number of nitrogens with one attached hydrogen (secondary N) is 4. The molecule has 0 bridgehead atoms. The fraction of sp³-hybridized carbons (Fsp3) is 0.532. The highest BCUT2D eigenvalue weighted by Gasteiger charge is 2.22. The number of alkyl carbamates (subject to hydrolysis) is 3. The molecule has 67 heavy (non-hydrogen) atoms. The molecule has 0 aliphatic carbocycles. The molecule has 0 radical (unpaired) electrons. The van der Waals surface area contributed by atoms with Crippen LogP contribution in [-0.4, -0.2) is 105 Å². The number of anilines is 1. The summed E-state index contributed by atoms with van der Waals surface area (Å²) in [5.74, 6) is 0.252. The molecule has 0 saturated heterocycles. The molecule has 0 atom stereocenters. The number of azo groups is 1. The summed E-state index contributed by atoms with van der Waals surface area (Å²) >= 11 is 0. The number of hydrogen-bond donors (Lipinski definition) is 4. The maximum atomic E-state index is 13.8. The number of carbonyl (C=O) groups excluding carboxylic acids is 4. The Hall–Kier alpha value is -6.86. The smallest absolute Gasteiger partial charge is 0.407 e. The predicted molar refractivity (Wildman–Crippen MR) is 253 cm³/mol. The van der Waals surface area contributed by atoms with Gasteiger partial charge in [0.25, 0.3) is 11.6 Å². The average Bonchev–Trinajstić information content (AvgIpc) is 3.23. The highest BCUT2D eigenvalue weighted by atomic mass is 16.6. The fourth-order valence-electron chi connectivity index (χ4n) is 5.70. The molecule has 0 aliphatic rings. The average molecular weight is 937 g/mol. The maximum Gasteiger partial charge on any atom is 0.407 e. The molecule has 0 spiro atoms. The summed E-state index contributed by atoms with van der Waals surface area (Å²) < 4.78 is 34.6. The van der Waals surface area contributed by atoms with Crippen LogP contribution in [0.15, 0.2) is 70.9 Å². The molecule has 368 valence electrons. The number of nitro groups is 1. The minimum atomic E-state index is -0.659. The summed E-state index contributed by atoms with van der Waals surface area (Å²) in [4.78, 5) is 63.0. The first-order valence-electron chi connectivity index (χ1n) is 22.3. The number of nitro benzene ring substituents is 1. The summed E-state index contributed by atoms with van der Waals surface area (Å²) in [5, 5.41) is 30.5. The Morgan fingerprint density at radius 2 is 1.00 bits per heavy atom. The largest absolute Gasteiger partial charge is 0.489 e. The van der Waals surface area contributed by atoms with E-state index in [0.717, 1.165) is 5.69 Å². The Labute approximate surface area is 393 Å². The molecular formula is C47H68N8O12. The molecule has 0 heterocycles. The van der Waals surface area contributed by atoms with Crippen molar-refractivity contribution >= 4 is 46.9 Å². The third-order valence-electron chi connectivity index (χ3n) is 8.62. The van der Waals surface area contributed by atoms with Gasteiger partial charge in [-0.2, -0.15) is 10.2 Å². The van der Waals surface area contributed by atoms with Crippen molar-refractivity contribution in [1.29, 1.82) is 0 Å². The van der Waals surface area contributed by atoms with E-state index in [9.17, 15) is 29.3 Å². The van der Waals surface area contributed by atoms with Crippen LogP contribution in [0.2, 0.25) is 0 Å². The standard InChI is InChI=1S/C47H68N8O12/c1-11-54(36-19-15-34(16-20-36)52-53-35-17-21-37(22-18-35)55(60)61)27-26-48-41(56)33-31-38(62-28-12-23-49-42(57)65-45(2,3)4)40(64-30-14-25-51-44(59)67-47(8,9)10)39(32-33)63-29-13-24-50-43(58)66-46(5,6)7/h15-22,31-32H,11-14,23-30H2,1-10H3,(H,48,56)(H,49,57)(H,50,58)(H,51,59). The van der Waals surface area contributed by atoms with E-state index in [4.69, 9.17) is 28.4 Å². The third kappa shape index (κ3) is 22.3. The SMILES string of the molecule is CCN(CCNC(=O)c1cc(OCCCNC(=O)OC(C)(C)C)c(OCCCNC(=O)OC(C)(C)C)c(OCCCNC(=O)OC(C)(C)C)c1)c1ccc(N=Nc2ccc([N+](=O)[O-])cc2)cc1. The molecule has 0 aromatic heterocycles. The quantitative estimate of drug-likeness (QED) is 0.0216. The predicted octanol–water partition coefficient (Wildman–Crippen LogP) is 9.15. The van der Waals surface area contributed by atoms with Crippen molar-refractivity contribution in [3.63, 3.8) is 0 Å². The monoisotopic (exact) mass is 936 g/mol. The van der Waals surface area contributed by atoms with Crippen molar-refractivity contribution < 1.29 is 52.5 Å². The molecule has 3 aromatic rings. The molecule has 4 N–H and O–H groups in total. The molecule has 20 heteroatoms. The first-order chi connectivity index (χ1) is 31.5. The van der Waals surface area contributed by atoms with E-state index >= 15 is 0 Å². The van der Waals surface area contributed by atoms with E-state index in [1.54, 1.807) is 86.6 Å². The van der Waals surface area contributed by atoms with Crippen molar-refractivity contribution in [2.24, 2.45) is 10.2 Å². The first-order valence-corrected chi connectivity index (χ1v) is 22.3. The Kier molecular flexibility index (Phi) is 21.4. The number of hydrogen-bond acceptors (Lipinski definition) is 15. The number of carbonyl (C=O) groups is 4. The van der Waals surface area contributed by atoms with Crippen LogP contribution in [-0.2, 0) is 14.2 Å². The van der Waals surface area contributed by atoms with Crippen LogP contribution in [0.1, 0.15) is 98.9 Å². The van der Waals surface area contributed by atoms with Gasteiger partial charge >= 0.3 is 18.3 Å². The van der Waals surface area contributed by atoms with Crippen molar-refractivity contribution in [3.05, 3.63) is 76.3 Å². The lowest BCUT2D eigenvalue weighted by atomic mass is 10.1. The first kappa shape index (κ1) is 54.5. The van der Waals surface area contributed by atoms with Gasteiger partial charge < -0.3 is 54.6 Å². The van der Waals surface area contributed by atoms with Crippen LogP contribution in [0.5, 0.6) is 17.2 Å². The zero-order valence-corrected chi connectivity index (χ0v) is 40.4. The molecular weight excluding hydrogens is 869 g/mol. The summed E-state index contributed by atoms with van der Waals surface area (Å²) in [5.41, 5.74) is 0.180. The number of amides is 4. The van der Waals surface area contributed by atoms with Gasteiger partial charge in [0.15, 0.2) is 11.5 Å². The minimum Gasteiger partial charge on any atom is -0.489 e. The van der Waals surface area contributed by atoms with Crippen LogP contribution in [0, 0.1) is 10.1 Å². The van der Waals surface area contributed by atoms with Gasteiger partial charge in [0.05, 0.1) is 36.1 Å². The Balaban J connectivity index is 1.78. The van der Waals surface area contributed by atoms with Gasteiger partial charge in [0.2, 0.25) is 5.75 Å². The van der Waals surface area contributed by atoms with E-state index in [0.29, 0.717) is 43.7 Å². The number of benzene rings is 3. The fourth-order valence-corrected chi connectivity index (χ4v) is 5.70. The van der Waals surface area contributed by atoms with Crippen LogP contribution in [0.3, 0.4) is 0 Å². The Morgan fingerprint density at radius 3 is 1.39 bits per heavy atom. The molecule has 0 unspecified atom stereocenters. The van der Waals surface area contributed by atoms with Crippen molar-refractivity contribution in [2.45, 2.75) is 105 Å². The minimum absolute atomic E-state index is 0.0322. The van der Waals surface area contributed by atoms with E-state index in [1.165, 1.54) is 24.3 Å². The van der Waals surface area contributed by atoms with Crippen LogP contribution in [0.25, 0.3) is 0 Å². The molecule has 3 aromatic carbocycles. The van der Waals surface area contributed by atoms with Gasteiger partial charge in [0.1, 0.15) is 16.8 Å². The Morgan fingerprint density at radius 1 is 0.597 bits per heavy atom. The second kappa shape index (κ2) is 26.3. The third-order valence-corrected chi connectivity index (χ3v) is 8.62. The zero-order valence-electron chi connectivity index (χ0n) is 40.4. The second-order valence-corrected chi connectivity index (χ2v) is 18.0. The number of rotatable bonds is 24. The summed E-state index contributed by atoms with van der Waals surface area (Å²) in [7, 11) is 0. The number of non-ortho nitro benzene ring substituents is 1. The lowest BCUT2D eigenvalue weighted by molar-refractivity contribution is -0.384. The van der Waals surface area contributed by atoms with Crippen molar-refractivity contribution in [3.8, 4) is 17.2 Å². The molecule has 0 fully saturated rings. The van der Waals surface area contributed by atoms with Crippen molar-refractivity contribution in [1.82, 2.24) is 21.3 Å². The van der Waals surface area contributed by atoms with Gasteiger partial charge in [-0.05, 0) is 137 Å². The number of nitrogens with zero attached hydrogens (tertiary/aromatic N) is 4. The van der Waals surface area contributed by atoms with Gasteiger partial charge in [0, 0.05) is 62.7 Å². The van der Waals surface area contributed by atoms with Gasteiger partial charge in [-0.3, -0.25) is 14.9 Å². The van der Waals surface area contributed by atoms with E-state index in [1.807, 2.05) is 19.1 Å². The van der Waals surface area contributed by atoms with E-state index in [-0.39, 0.29) is 74.5 Å². The summed E-state index contributed by atoms with van der Waals surface area (Å²) in [6, 6.07) is 16.3. The second-order valence-electron chi connectivity index (χ2n) is 18.0. The lowest BCUT2D eigenvalue weighted by Crippen LogP contribution is -2.35. The zero-order chi connectivity index (χ0) is 49.6. The van der Waals surface area contributed by atoms with Crippen molar-refractivity contribution in [2.75, 3.05) is 64.0 Å². The summed E-state index contributed by atoms with van der Waals surface area (Å²) in [6.45, 7) is 20.5. The van der Waals surface area contributed by atoms with E-state index < -0.39 is 45.9 Å². The molecule has 0 aliphatic heterocycles. The Bertz CT molecular complexity index is 2040. The molecule has 0 saturated carbocycles. The molecule has 4 amide bonds. The van der Waals surface area contributed by atoms with Crippen LogP contribution < -0.4 is 40.4 Å².